The summed E-state index contributed by atoms with van der Waals surface area (Å²) >= 11 is 0. The smallest absolute Gasteiger partial charge is 0.303 e. The number of aliphatic hydroxyl groups is 1. The second-order valence-corrected chi connectivity index (χ2v) is 7.09. The van der Waals surface area contributed by atoms with Gasteiger partial charge in [-0.25, -0.2) is 0 Å². The molecule has 2 fully saturated rings. The largest absolute Gasteiger partial charge is 0.459 e. The van der Waals surface area contributed by atoms with E-state index in [-0.39, 0.29) is 36.7 Å². The third-order valence-electron chi connectivity index (χ3n) is 4.09. The molecule has 0 bridgehead atoms. The summed E-state index contributed by atoms with van der Waals surface area (Å²) in [6, 6.07) is 0.0103. The van der Waals surface area contributed by atoms with E-state index in [0.717, 1.165) is 0 Å². The zero-order valence-corrected chi connectivity index (χ0v) is 13.1. The quantitative estimate of drug-likeness (QED) is 0.591. The SMILES string of the molecule is CC(=O)O[C@H]1[C@H](CO)[C@H]([N+](C)(C)C)[C@H]2OC(C)(C)O[C@@H]12. The monoisotopic (exact) mass is 288 g/mol. The maximum atomic E-state index is 11.4. The van der Waals surface area contributed by atoms with Gasteiger partial charge in [0.1, 0.15) is 24.4 Å². The highest BCUT2D eigenvalue weighted by atomic mass is 16.8. The summed E-state index contributed by atoms with van der Waals surface area (Å²) < 4.78 is 18.0. The normalized spacial score (nSPS) is 39.6. The Morgan fingerprint density at radius 3 is 2.25 bits per heavy atom. The van der Waals surface area contributed by atoms with Gasteiger partial charge >= 0.3 is 5.97 Å². The first-order chi connectivity index (χ1) is 9.07. The molecule has 0 amide bonds. The van der Waals surface area contributed by atoms with Gasteiger partial charge in [0.2, 0.25) is 0 Å². The van der Waals surface area contributed by atoms with Gasteiger partial charge in [-0.1, -0.05) is 0 Å². The van der Waals surface area contributed by atoms with Crippen molar-refractivity contribution in [3.63, 3.8) is 0 Å². The average Bonchev–Trinajstić information content (AvgIpc) is 2.68. The van der Waals surface area contributed by atoms with Gasteiger partial charge in [-0.2, -0.15) is 0 Å². The molecular weight excluding hydrogens is 262 g/mol. The van der Waals surface area contributed by atoms with E-state index in [1.165, 1.54) is 6.92 Å². The second-order valence-electron chi connectivity index (χ2n) is 7.09. The van der Waals surface area contributed by atoms with E-state index in [9.17, 15) is 9.90 Å². The number of aliphatic hydroxyl groups excluding tert-OH is 1. The Kier molecular flexibility index (Phi) is 3.88. The standard InChI is InChI=1S/C14H26NO5/c1-8(17)18-11-9(7-16)10(15(4,5)6)12-13(11)20-14(2,3)19-12/h9-13,16H,7H2,1-6H3/q+1/t9-,10+,11+,12-,13+/m1/s1. The van der Waals surface area contributed by atoms with Gasteiger partial charge in [0.15, 0.2) is 5.79 Å². The lowest BCUT2D eigenvalue weighted by atomic mass is 9.99. The molecule has 0 aromatic carbocycles. The summed E-state index contributed by atoms with van der Waals surface area (Å²) in [6.07, 6.45) is -0.980. The highest BCUT2D eigenvalue weighted by Crippen LogP contribution is 2.45. The van der Waals surface area contributed by atoms with Crippen molar-refractivity contribution in [2.45, 2.75) is 50.9 Å². The molecule has 1 saturated heterocycles. The van der Waals surface area contributed by atoms with E-state index >= 15 is 0 Å². The molecule has 2 aliphatic rings. The molecule has 20 heavy (non-hydrogen) atoms. The first-order valence-electron chi connectivity index (χ1n) is 7.01. The van der Waals surface area contributed by atoms with E-state index in [4.69, 9.17) is 14.2 Å². The Hall–Kier alpha value is -0.690. The van der Waals surface area contributed by atoms with Gasteiger partial charge in [-0.05, 0) is 13.8 Å². The number of likely N-dealkylation sites (N-methyl/N-ethyl adjacent to an activating group) is 1. The molecule has 0 unspecified atom stereocenters. The molecule has 6 heteroatoms. The van der Waals surface area contributed by atoms with Crippen LogP contribution in [0.4, 0.5) is 0 Å². The summed E-state index contributed by atoms with van der Waals surface area (Å²) in [7, 11) is 6.15. The van der Waals surface area contributed by atoms with Crippen molar-refractivity contribution in [1.29, 1.82) is 0 Å². The number of quaternary nitrogens is 1. The maximum Gasteiger partial charge on any atom is 0.303 e. The number of hydrogen-bond donors (Lipinski definition) is 1. The van der Waals surface area contributed by atoms with Crippen LogP contribution in [0.5, 0.6) is 0 Å². The predicted molar refractivity (Wildman–Crippen MR) is 71.8 cm³/mol. The molecule has 0 spiro atoms. The molecule has 1 heterocycles. The Morgan fingerprint density at radius 1 is 1.25 bits per heavy atom. The fraction of sp³-hybridized carbons (Fsp3) is 0.929. The van der Waals surface area contributed by atoms with E-state index < -0.39 is 11.9 Å². The summed E-state index contributed by atoms with van der Waals surface area (Å²) in [5.74, 6) is -1.24. The lowest BCUT2D eigenvalue weighted by molar-refractivity contribution is -0.902. The Balaban J connectivity index is 2.35. The number of ether oxygens (including phenoxy) is 3. The molecule has 1 aliphatic carbocycles. The number of nitrogens with zero attached hydrogens (tertiary/aromatic N) is 1. The van der Waals surface area contributed by atoms with Gasteiger partial charge in [-0.3, -0.25) is 4.79 Å². The van der Waals surface area contributed by atoms with Gasteiger partial charge in [-0.15, -0.1) is 0 Å². The van der Waals surface area contributed by atoms with E-state index in [1.807, 2.05) is 13.8 Å². The highest BCUT2D eigenvalue weighted by molar-refractivity contribution is 5.66. The van der Waals surface area contributed by atoms with Gasteiger partial charge in [0.05, 0.1) is 33.7 Å². The first kappa shape index (κ1) is 15.7. The number of carbonyl (C=O) groups excluding carboxylic acids is 1. The summed E-state index contributed by atoms with van der Waals surface area (Å²) in [5, 5.41) is 9.76. The predicted octanol–water partition coefficient (Wildman–Crippen LogP) is 0.135. The van der Waals surface area contributed by atoms with Crippen LogP contribution in [-0.4, -0.2) is 73.4 Å². The van der Waals surface area contributed by atoms with Crippen molar-refractivity contribution in [3.05, 3.63) is 0 Å². The number of fused-ring (bicyclic) bond motifs is 1. The molecule has 1 saturated carbocycles. The zero-order chi connectivity index (χ0) is 15.3. The van der Waals surface area contributed by atoms with Crippen LogP contribution in [0.1, 0.15) is 20.8 Å². The van der Waals surface area contributed by atoms with Crippen LogP contribution >= 0.6 is 0 Å². The van der Waals surface area contributed by atoms with E-state index in [1.54, 1.807) is 0 Å². The van der Waals surface area contributed by atoms with Crippen LogP contribution in [0, 0.1) is 5.92 Å². The molecule has 0 radical (unpaired) electrons. The number of esters is 1. The lowest BCUT2D eigenvalue weighted by Gasteiger charge is -2.38. The highest BCUT2D eigenvalue weighted by Gasteiger charge is 2.64. The minimum Gasteiger partial charge on any atom is -0.459 e. The van der Waals surface area contributed by atoms with Crippen LogP contribution in [0.15, 0.2) is 0 Å². The molecule has 2 rings (SSSR count). The minimum atomic E-state index is -0.693. The van der Waals surface area contributed by atoms with Crippen molar-refractivity contribution in [2.24, 2.45) is 5.92 Å². The Bertz CT molecular complexity index is 390. The second kappa shape index (κ2) is 4.94. The molecule has 6 nitrogen and oxygen atoms in total. The van der Waals surface area contributed by atoms with Crippen molar-refractivity contribution < 1.29 is 28.6 Å². The number of rotatable bonds is 3. The lowest BCUT2D eigenvalue weighted by Crippen LogP contribution is -2.55. The minimum absolute atomic E-state index is 0.0103. The van der Waals surface area contributed by atoms with Crippen molar-refractivity contribution >= 4 is 5.97 Å². The van der Waals surface area contributed by atoms with Crippen molar-refractivity contribution in [2.75, 3.05) is 27.7 Å². The molecule has 116 valence electrons. The van der Waals surface area contributed by atoms with Gasteiger partial charge in [0, 0.05) is 6.92 Å². The molecule has 1 N–H and O–H groups in total. The van der Waals surface area contributed by atoms with Crippen LogP contribution < -0.4 is 0 Å². The van der Waals surface area contributed by atoms with Crippen molar-refractivity contribution in [1.82, 2.24) is 0 Å². The summed E-state index contributed by atoms with van der Waals surface area (Å²) in [4.78, 5) is 11.4. The fourth-order valence-electron chi connectivity index (χ4n) is 3.59. The van der Waals surface area contributed by atoms with Crippen LogP contribution in [0.3, 0.4) is 0 Å². The van der Waals surface area contributed by atoms with Crippen molar-refractivity contribution in [3.8, 4) is 0 Å². The molecule has 0 aromatic heterocycles. The fourth-order valence-corrected chi connectivity index (χ4v) is 3.59. The first-order valence-corrected chi connectivity index (χ1v) is 7.01. The number of hydrogen-bond acceptors (Lipinski definition) is 5. The maximum absolute atomic E-state index is 11.4. The summed E-state index contributed by atoms with van der Waals surface area (Å²) in [5.41, 5.74) is 0. The Morgan fingerprint density at radius 2 is 1.80 bits per heavy atom. The molecule has 5 atom stereocenters. The summed E-state index contributed by atoms with van der Waals surface area (Å²) in [6.45, 7) is 5.04. The molecular formula is C14H26NO5+. The van der Waals surface area contributed by atoms with Crippen LogP contribution in [-0.2, 0) is 19.0 Å². The van der Waals surface area contributed by atoms with E-state index in [2.05, 4.69) is 21.1 Å². The number of carbonyl (C=O) groups is 1. The third-order valence-corrected chi connectivity index (χ3v) is 4.09. The zero-order valence-electron chi connectivity index (χ0n) is 13.1. The van der Waals surface area contributed by atoms with E-state index in [0.29, 0.717) is 4.48 Å². The van der Waals surface area contributed by atoms with Crippen LogP contribution in [0.2, 0.25) is 0 Å². The van der Waals surface area contributed by atoms with Gasteiger partial charge in [0.25, 0.3) is 0 Å². The third kappa shape index (κ3) is 2.70. The van der Waals surface area contributed by atoms with Gasteiger partial charge < -0.3 is 23.8 Å². The Labute approximate surface area is 120 Å². The molecule has 0 aromatic rings. The average molecular weight is 288 g/mol. The topological polar surface area (TPSA) is 65.0 Å². The van der Waals surface area contributed by atoms with Crippen LogP contribution in [0.25, 0.3) is 0 Å². The molecule has 1 aliphatic heterocycles.